The Kier molecular flexibility index (Phi) is 3.44. The summed E-state index contributed by atoms with van der Waals surface area (Å²) in [4.78, 5) is 25.3. The second kappa shape index (κ2) is 5.25. The third-order valence-electron chi connectivity index (χ3n) is 3.96. The van der Waals surface area contributed by atoms with Gasteiger partial charge in [-0.25, -0.2) is 0 Å². The summed E-state index contributed by atoms with van der Waals surface area (Å²) in [6, 6.07) is 7.80. The van der Waals surface area contributed by atoms with E-state index in [9.17, 15) is 14.7 Å². The number of amides is 1. The molecule has 1 amide bonds. The summed E-state index contributed by atoms with van der Waals surface area (Å²) in [6.45, 7) is 0.801. The van der Waals surface area contributed by atoms with Gasteiger partial charge in [-0.15, -0.1) is 0 Å². The molecule has 20 heavy (non-hydrogen) atoms. The molecule has 0 radical (unpaired) electrons. The molecule has 0 spiro atoms. The standard InChI is InChI=1S/C15H18N2O3/c18-14(9-16-10-5-6-10)17-8-7-12(15(19)20)11-3-1-2-4-13(11)17/h1-4,10,12,16H,5-9H2,(H,19,20). The number of aliphatic carboxylic acids is 1. The van der Waals surface area contributed by atoms with Crippen LogP contribution in [0.2, 0.25) is 0 Å². The average molecular weight is 274 g/mol. The molecule has 2 aliphatic rings. The zero-order valence-electron chi connectivity index (χ0n) is 11.2. The fourth-order valence-corrected chi connectivity index (χ4v) is 2.69. The lowest BCUT2D eigenvalue weighted by Gasteiger charge is -2.32. The molecule has 1 unspecified atom stereocenters. The number of carbonyl (C=O) groups is 2. The van der Waals surface area contributed by atoms with Crippen LogP contribution in [0.5, 0.6) is 0 Å². The first-order valence-corrected chi connectivity index (χ1v) is 7.02. The van der Waals surface area contributed by atoms with Crippen molar-refractivity contribution >= 4 is 17.6 Å². The first kappa shape index (κ1) is 13.1. The monoisotopic (exact) mass is 274 g/mol. The maximum Gasteiger partial charge on any atom is 0.311 e. The maximum absolute atomic E-state index is 12.3. The Morgan fingerprint density at radius 2 is 2.00 bits per heavy atom. The molecule has 0 bridgehead atoms. The molecule has 1 aromatic rings. The van der Waals surface area contributed by atoms with Gasteiger partial charge in [0.2, 0.25) is 5.91 Å². The van der Waals surface area contributed by atoms with E-state index >= 15 is 0 Å². The predicted octanol–water partition coefficient (Wildman–Crippen LogP) is 1.34. The summed E-state index contributed by atoms with van der Waals surface area (Å²) in [6.07, 6.45) is 2.76. The van der Waals surface area contributed by atoms with Crippen molar-refractivity contribution in [2.24, 2.45) is 0 Å². The molecule has 0 aromatic heterocycles. The van der Waals surface area contributed by atoms with Crippen molar-refractivity contribution in [1.82, 2.24) is 5.32 Å². The minimum absolute atomic E-state index is 0.0215. The lowest BCUT2D eigenvalue weighted by Crippen LogP contribution is -2.43. The first-order chi connectivity index (χ1) is 9.66. The highest BCUT2D eigenvalue weighted by Gasteiger charge is 2.32. The van der Waals surface area contributed by atoms with Gasteiger partial charge >= 0.3 is 5.97 Å². The molecule has 1 aromatic carbocycles. The number of hydrogen-bond acceptors (Lipinski definition) is 3. The second-order valence-corrected chi connectivity index (χ2v) is 5.44. The van der Waals surface area contributed by atoms with Crippen molar-refractivity contribution in [1.29, 1.82) is 0 Å². The Bertz CT molecular complexity index is 540. The second-order valence-electron chi connectivity index (χ2n) is 5.44. The molecule has 5 heteroatoms. The number of carboxylic acid groups (broad SMARTS) is 1. The molecule has 5 nitrogen and oxygen atoms in total. The molecule has 1 aliphatic carbocycles. The van der Waals surface area contributed by atoms with E-state index in [0.29, 0.717) is 25.6 Å². The van der Waals surface area contributed by atoms with Crippen LogP contribution < -0.4 is 10.2 Å². The van der Waals surface area contributed by atoms with Gasteiger partial charge in [-0.3, -0.25) is 9.59 Å². The molecule has 1 heterocycles. The van der Waals surface area contributed by atoms with E-state index in [4.69, 9.17) is 0 Å². The zero-order valence-corrected chi connectivity index (χ0v) is 11.2. The minimum Gasteiger partial charge on any atom is -0.481 e. The van der Waals surface area contributed by atoms with Gasteiger partial charge in [0.15, 0.2) is 0 Å². The van der Waals surface area contributed by atoms with Gasteiger partial charge in [0.1, 0.15) is 0 Å². The summed E-state index contributed by atoms with van der Waals surface area (Å²) >= 11 is 0. The number of hydrogen-bond donors (Lipinski definition) is 2. The summed E-state index contributed by atoms with van der Waals surface area (Å²) in [5.41, 5.74) is 1.49. The van der Waals surface area contributed by atoms with E-state index in [-0.39, 0.29) is 5.91 Å². The van der Waals surface area contributed by atoms with Crippen LogP contribution >= 0.6 is 0 Å². The maximum atomic E-state index is 12.3. The molecule has 1 fully saturated rings. The molecule has 106 valence electrons. The largest absolute Gasteiger partial charge is 0.481 e. The number of rotatable bonds is 4. The number of para-hydroxylation sites is 1. The Morgan fingerprint density at radius 3 is 2.70 bits per heavy atom. The van der Waals surface area contributed by atoms with E-state index in [1.54, 1.807) is 4.90 Å². The van der Waals surface area contributed by atoms with E-state index in [2.05, 4.69) is 5.32 Å². The minimum atomic E-state index is -0.819. The van der Waals surface area contributed by atoms with Crippen LogP contribution in [0, 0.1) is 0 Å². The van der Waals surface area contributed by atoms with Gasteiger partial charge in [-0.05, 0) is 30.9 Å². The van der Waals surface area contributed by atoms with Crippen LogP contribution in [-0.2, 0) is 9.59 Å². The van der Waals surface area contributed by atoms with Crippen LogP contribution in [0.25, 0.3) is 0 Å². The third kappa shape index (κ3) is 2.54. The van der Waals surface area contributed by atoms with Crippen molar-refractivity contribution < 1.29 is 14.7 Å². The van der Waals surface area contributed by atoms with Gasteiger partial charge in [0, 0.05) is 18.3 Å². The number of nitrogens with one attached hydrogen (secondary N) is 1. The molecule has 2 N–H and O–H groups in total. The average Bonchev–Trinajstić information content (AvgIpc) is 3.27. The molecule has 1 saturated carbocycles. The number of carboxylic acids is 1. The van der Waals surface area contributed by atoms with Gasteiger partial charge in [0.05, 0.1) is 12.5 Å². The highest BCUT2D eigenvalue weighted by atomic mass is 16.4. The summed E-state index contributed by atoms with van der Waals surface area (Å²) < 4.78 is 0. The molecule has 1 atom stereocenters. The van der Waals surface area contributed by atoms with Gasteiger partial charge < -0.3 is 15.3 Å². The van der Waals surface area contributed by atoms with Crippen LogP contribution in [-0.4, -0.2) is 36.1 Å². The lowest BCUT2D eigenvalue weighted by molar-refractivity contribution is -0.139. The van der Waals surface area contributed by atoms with Crippen molar-refractivity contribution in [3.05, 3.63) is 29.8 Å². The first-order valence-electron chi connectivity index (χ1n) is 7.02. The molecular weight excluding hydrogens is 256 g/mol. The van der Waals surface area contributed by atoms with Crippen LogP contribution in [0.1, 0.15) is 30.7 Å². The number of fused-ring (bicyclic) bond motifs is 1. The van der Waals surface area contributed by atoms with Crippen molar-refractivity contribution in [3.8, 4) is 0 Å². The quantitative estimate of drug-likeness (QED) is 0.869. The van der Waals surface area contributed by atoms with E-state index in [1.165, 1.54) is 0 Å². The number of anilines is 1. The third-order valence-corrected chi connectivity index (χ3v) is 3.96. The molecule has 0 saturated heterocycles. The predicted molar refractivity (Wildman–Crippen MR) is 74.8 cm³/mol. The van der Waals surface area contributed by atoms with E-state index < -0.39 is 11.9 Å². The Hall–Kier alpha value is -1.88. The summed E-state index contributed by atoms with van der Waals surface area (Å²) in [5, 5.41) is 12.5. The zero-order chi connectivity index (χ0) is 14.1. The smallest absolute Gasteiger partial charge is 0.311 e. The SMILES string of the molecule is O=C(O)C1CCN(C(=O)CNC2CC2)c2ccccc21. The highest BCUT2D eigenvalue weighted by molar-refractivity contribution is 5.97. The Balaban J connectivity index is 1.80. The van der Waals surface area contributed by atoms with E-state index in [0.717, 1.165) is 24.1 Å². The normalized spacial score (nSPS) is 21.4. The molecule has 1 aliphatic heterocycles. The topological polar surface area (TPSA) is 69.6 Å². The van der Waals surface area contributed by atoms with Crippen molar-refractivity contribution in [3.63, 3.8) is 0 Å². The molecule has 3 rings (SSSR count). The Morgan fingerprint density at radius 1 is 1.25 bits per heavy atom. The fourth-order valence-electron chi connectivity index (χ4n) is 2.69. The van der Waals surface area contributed by atoms with Gasteiger partial charge in [0.25, 0.3) is 0 Å². The van der Waals surface area contributed by atoms with Crippen LogP contribution in [0.15, 0.2) is 24.3 Å². The van der Waals surface area contributed by atoms with Crippen molar-refractivity contribution in [2.75, 3.05) is 18.0 Å². The summed E-state index contributed by atoms with van der Waals surface area (Å²) in [7, 11) is 0. The number of carbonyl (C=O) groups excluding carboxylic acids is 1. The lowest BCUT2D eigenvalue weighted by atomic mass is 9.90. The molecular formula is C15H18N2O3. The van der Waals surface area contributed by atoms with Gasteiger partial charge in [-0.1, -0.05) is 18.2 Å². The van der Waals surface area contributed by atoms with Crippen LogP contribution in [0.4, 0.5) is 5.69 Å². The summed E-state index contributed by atoms with van der Waals surface area (Å²) in [5.74, 6) is -1.31. The van der Waals surface area contributed by atoms with Gasteiger partial charge in [-0.2, -0.15) is 0 Å². The number of nitrogens with zero attached hydrogens (tertiary/aromatic N) is 1. The number of benzene rings is 1. The van der Waals surface area contributed by atoms with E-state index in [1.807, 2.05) is 24.3 Å². The highest BCUT2D eigenvalue weighted by Crippen LogP contribution is 2.35. The van der Waals surface area contributed by atoms with Crippen molar-refractivity contribution in [2.45, 2.75) is 31.2 Å². The van der Waals surface area contributed by atoms with Crippen LogP contribution in [0.3, 0.4) is 0 Å². The fraction of sp³-hybridized carbons (Fsp3) is 0.467. The Labute approximate surface area is 117 Å².